The number of thioether (sulfide) groups is 2. The second-order valence-electron chi connectivity index (χ2n) is 4.39. The summed E-state index contributed by atoms with van der Waals surface area (Å²) in [6.45, 7) is 5.85. The van der Waals surface area contributed by atoms with Gasteiger partial charge in [0.15, 0.2) is 0 Å². The van der Waals surface area contributed by atoms with E-state index in [0.29, 0.717) is 17.9 Å². The van der Waals surface area contributed by atoms with Gasteiger partial charge in [0.1, 0.15) is 0 Å². The average molecular weight is 283 g/mol. The van der Waals surface area contributed by atoms with Gasteiger partial charge >= 0.3 is 0 Å². The van der Waals surface area contributed by atoms with Gasteiger partial charge < -0.3 is 10.5 Å². The molecular weight excluding hydrogens is 262 g/mol. The zero-order valence-corrected chi connectivity index (χ0v) is 12.7. The van der Waals surface area contributed by atoms with Crippen molar-refractivity contribution in [2.45, 2.75) is 48.0 Å². The van der Waals surface area contributed by atoms with Gasteiger partial charge in [-0.05, 0) is 36.8 Å². The summed E-state index contributed by atoms with van der Waals surface area (Å²) in [7, 11) is 0. The Kier molecular flexibility index (Phi) is 5.42. The van der Waals surface area contributed by atoms with E-state index in [2.05, 4.69) is 32.0 Å². The SMILES string of the molecule is CCSc1cccc(SC2CCOC2C)c1CN. The minimum absolute atomic E-state index is 0.350. The molecule has 2 unspecified atom stereocenters. The second-order valence-corrected chi connectivity index (χ2v) is 6.98. The van der Waals surface area contributed by atoms with Crippen LogP contribution in [-0.4, -0.2) is 23.7 Å². The molecule has 2 N–H and O–H groups in total. The van der Waals surface area contributed by atoms with Crippen molar-refractivity contribution in [3.05, 3.63) is 23.8 Å². The molecule has 0 aliphatic carbocycles. The van der Waals surface area contributed by atoms with E-state index in [4.69, 9.17) is 10.5 Å². The highest BCUT2D eigenvalue weighted by Gasteiger charge is 2.26. The number of rotatable bonds is 5. The maximum Gasteiger partial charge on any atom is 0.0669 e. The van der Waals surface area contributed by atoms with Crippen LogP contribution in [0.15, 0.2) is 28.0 Å². The summed E-state index contributed by atoms with van der Waals surface area (Å²) in [6, 6.07) is 6.51. The van der Waals surface area contributed by atoms with Gasteiger partial charge in [-0.15, -0.1) is 23.5 Å². The van der Waals surface area contributed by atoms with Crippen LogP contribution in [0.3, 0.4) is 0 Å². The number of hydrogen-bond donors (Lipinski definition) is 1. The third kappa shape index (κ3) is 3.23. The summed E-state index contributed by atoms with van der Waals surface area (Å²) in [5.41, 5.74) is 7.23. The van der Waals surface area contributed by atoms with Gasteiger partial charge in [0.25, 0.3) is 0 Å². The van der Waals surface area contributed by atoms with E-state index in [0.717, 1.165) is 18.8 Å². The Morgan fingerprint density at radius 3 is 2.78 bits per heavy atom. The first-order valence-corrected chi connectivity index (χ1v) is 8.35. The molecule has 2 nitrogen and oxygen atoms in total. The molecule has 0 spiro atoms. The highest BCUT2D eigenvalue weighted by Crippen LogP contribution is 2.37. The smallest absolute Gasteiger partial charge is 0.0669 e. The molecule has 0 saturated carbocycles. The van der Waals surface area contributed by atoms with Crippen LogP contribution in [0.2, 0.25) is 0 Å². The summed E-state index contributed by atoms with van der Waals surface area (Å²) in [6.07, 6.45) is 1.49. The molecule has 1 heterocycles. The molecule has 1 aromatic carbocycles. The van der Waals surface area contributed by atoms with E-state index in [1.54, 1.807) is 0 Å². The predicted octanol–water partition coefficient (Wildman–Crippen LogP) is 3.53. The molecule has 100 valence electrons. The van der Waals surface area contributed by atoms with E-state index >= 15 is 0 Å². The Labute approximate surface area is 118 Å². The topological polar surface area (TPSA) is 35.2 Å². The monoisotopic (exact) mass is 283 g/mol. The number of nitrogens with two attached hydrogens (primary N) is 1. The Bertz CT molecular complexity index is 397. The van der Waals surface area contributed by atoms with Crippen molar-refractivity contribution in [3.8, 4) is 0 Å². The van der Waals surface area contributed by atoms with Crippen LogP contribution < -0.4 is 5.73 Å². The van der Waals surface area contributed by atoms with E-state index in [-0.39, 0.29) is 0 Å². The third-order valence-electron chi connectivity index (χ3n) is 3.18. The highest BCUT2D eigenvalue weighted by molar-refractivity contribution is 8.00. The van der Waals surface area contributed by atoms with Crippen LogP contribution in [-0.2, 0) is 11.3 Å². The van der Waals surface area contributed by atoms with Crippen molar-refractivity contribution in [1.29, 1.82) is 0 Å². The summed E-state index contributed by atoms with van der Waals surface area (Å²) in [4.78, 5) is 2.66. The van der Waals surface area contributed by atoms with Crippen LogP contribution in [0.25, 0.3) is 0 Å². The molecule has 4 heteroatoms. The van der Waals surface area contributed by atoms with Crippen LogP contribution in [0.1, 0.15) is 25.8 Å². The molecule has 0 aromatic heterocycles. The fraction of sp³-hybridized carbons (Fsp3) is 0.571. The second kappa shape index (κ2) is 6.85. The maximum atomic E-state index is 5.93. The third-order valence-corrected chi connectivity index (χ3v) is 5.72. The molecular formula is C14H21NOS2. The summed E-state index contributed by atoms with van der Waals surface area (Å²) in [5, 5.41) is 0.567. The zero-order chi connectivity index (χ0) is 13.0. The van der Waals surface area contributed by atoms with E-state index < -0.39 is 0 Å². The van der Waals surface area contributed by atoms with Crippen molar-refractivity contribution >= 4 is 23.5 Å². The molecule has 0 amide bonds. The standard InChI is InChI=1S/C14H21NOS2/c1-3-17-13-5-4-6-14(11(13)9-15)18-12-7-8-16-10(12)2/h4-6,10,12H,3,7-9,15H2,1-2H3. The lowest BCUT2D eigenvalue weighted by atomic mass is 10.2. The molecule has 18 heavy (non-hydrogen) atoms. The van der Waals surface area contributed by atoms with Crippen LogP contribution in [0, 0.1) is 0 Å². The predicted molar refractivity (Wildman–Crippen MR) is 80.4 cm³/mol. The molecule has 1 aliphatic heterocycles. The van der Waals surface area contributed by atoms with E-state index in [9.17, 15) is 0 Å². The first kappa shape index (κ1) is 14.3. The maximum absolute atomic E-state index is 5.93. The average Bonchev–Trinajstić information content (AvgIpc) is 2.76. The molecule has 0 bridgehead atoms. The number of hydrogen-bond acceptors (Lipinski definition) is 4. The van der Waals surface area contributed by atoms with Crippen molar-refractivity contribution in [1.82, 2.24) is 0 Å². The Hall–Kier alpha value is -0.160. The Morgan fingerprint density at radius 1 is 1.39 bits per heavy atom. The first-order valence-electron chi connectivity index (χ1n) is 6.49. The Balaban J connectivity index is 2.18. The number of benzene rings is 1. The first-order chi connectivity index (χ1) is 8.76. The van der Waals surface area contributed by atoms with E-state index in [1.807, 2.05) is 23.5 Å². The summed E-state index contributed by atoms with van der Waals surface area (Å²) in [5.74, 6) is 1.09. The van der Waals surface area contributed by atoms with Gasteiger partial charge in [-0.25, -0.2) is 0 Å². The van der Waals surface area contributed by atoms with Gasteiger partial charge in [-0.2, -0.15) is 0 Å². The lowest BCUT2D eigenvalue weighted by Crippen LogP contribution is -2.14. The molecule has 1 fully saturated rings. The minimum Gasteiger partial charge on any atom is -0.377 e. The van der Waals surface area contributed by atoms with Crippen LogP contribution in [0.5, 0.6) is 0 Å². The molecule has 1 saturated heterocycles. The molecule has 2 atom stereocenters. The zero-order valence-electron chi connectivity index (χ0n) is 11.0. The van der Waals surface area contributed by atoms with Crippen LogP contribution >= 0.6 is 23.5 Å². The minimum atomic E-state index is 0.350. The fourth-order valence-corrected chi connectivity index (χ4v) is 4.40. The molecule has 2 rings (SSSR count). The van der Waals surface area contributed by atoms with Crippen molar-refractivity contribution in [3.63, 3.8) is 0 Å². The quantitative estimate of drug-likeness (QED) is 0.839. The largest absolute Gasteiger partial charge is 0.377 e. The summed E-state index contributed by atoms with van der Waals surface area (Å²) < 4.78 is 5.63. The van der Waals surface area contributed by atoms with Gasteiger partial charge in [0.2, 0.25) is 0 Å². The fourth-order valence-electron chi connectivity index (χ4n) is 2.18. The lowest BCUT2D eigenvalue weighted by molar-refractivity contribution is 0.127. The Morgan fingerprint density at radius 2 is 2.17 bits per heavy atom. The van der Waals surface area contributed by atoms with Crippen molar-refractivity contribution in [2.24, 2.45) is 5.73 Å². The van der Waals surface area contributed by atoms with Gasteiger partial charge in [-0.1, -0.05) is 13.0 Å². The van der Waals surface area contributed by atoms with Gasteiger partial charge in [0.05, 0.1) is 6.10 Å². The van der Waals surface area contributed by atoms with Crippen molar-refractivity contribution < 1.29 is 4.74 Å². The molecule has 1 aromatic rings. The normalized spacial score (nSPS) is 23.5. The molecule has 0 radical (unpaired) electrons. The number of ether oxygens (including phenoxy) is 1. The summed E-state index contributed by atoms with van der Waals surface area (Å²) >= 11 is 3.81. The lowest BCUT2D eigenvalue weighted by Gasteiger charge is -2.17. The van der Waals surface area contributed by atoms with Gasteiger partial charge in [-0.3, -0.25) is 0 Å². The highest BCUT2D eigenvalue weighted by atomic mass is 32.2. The van der Waals surface area contributed by atoms with Crippen molar-refractivity contribution in [2.75, 3.05) is 12.4 Å². The van der Waals surface area contributed by atoms with Gasteiger partial charge in [0, 0.05) is 28.2 Å². The van der Waals surface area contributed by atoms with Crippen LogP contribution in [0.4, 0.5) is 0 Å². The molecule has 1 aliphatic rings. The van der Waals surface area contributed by atoms with E-state index in [1.165, 1.54) is 15.4 Å².